The lowest BCUT2D eigenvalue weighted by molar-refractivity contribution is 0.0301. The molecule has 2 rings (SSSR count). The number of nitrogens with one attached hydrogen (secondary N) is 1. The number of hydrogen-bond donors (Lipinski definition) is 1. The van der Waals surface area contributed by atoms with E-state index in [4.69, 9.17) is 9.15 Å². The van der Waals surface area contributed by atoms with Crippen LogP contribution in [-0.4, -0.2) is 19.8 Å². The van der Waals surface area contributed by atoms with E-state index in [-0.39, 0.29) is 12.1 Å². The number of furan rings is 1. The smallest absolute Gasteiger partial charge is 0.109 e. The maximum atomic E-state index is 5.57. The molecule has 2 unspecified atom stereocenters. The predicted molar refractivity (Wildman–Crippen MR) is 58.8 cm³/mol. The zero-order chi connectivity index (χ0) is 10.8. The fraction of sp³-hybridized carbons (Fsp3) is 0.667. The van der Waals surface area contributed by atoms with Gasteiger partial charge in [0.1, 0.15) is 5.76 Å². The van der Waals surface area contributed by atoms with Gasteiger partial charge in [-0.15, -0.1) is 0 Å². The Labute approximate surface area is 90.8 Å². The first kappa shape index (κ1) is 10.7. The fourth-order valence-electron chi connectivity index (χ4n) is 2.37. The molecule has 0 spiro atoms. The summed E-state index contributed by atoms with van der Waals surface area (Å²) in [5, 5.41) is 3.51. The van der Waals surface area contributed by atoms with Gasteiger partial charge in [0.15, 0.2) is 0 Å². The quantitative estimate of drug-likeness (QED) is 0.828. The largest absolute Gasteiger partial charge is 0.469 e. The average Bonchev–Trinajstić information content (AvgIpc) is 2.66. The third-order valence-electron chi connectivity index (χ3n) is 3.09. The van der Waals surface area contributed by atoms with Crippen LogP contribution < -0.4 is 5.32 Å². The Morgan fingerprint density at radius 1 is 1.53 bits per heavy atom. The molecule has 15 heavy (non-hydrogen) atoms. The first-order chi connectivity index (χ1) is 7.24. The third-order valence-corrected chi connectivity index (χ3v) is 3.09. The van der Waals surface area contributed by atoms with Gasteiger partial charge in [-0.05, 0) is 12.0 Å². The van der Waals surface area contributed by atoms with E-state index in [1.165, 1.54) is 5.56 Å². The summed E-state index contributed by atoms with van der Waals surface area (Å²) < 4.78 is 11.0. The summed E-state index contributed by atoms with van der Waals surface area (Å²) in [6.07, 6.45) is 2.96. The van der Waals surface area contributed by atoms with E-state index in [1.54, 1.807) is 13.4 Å². The van der Waals surface area contributed by atoms with Gasteiger partial charge in [0.25, 0.3) is 0 Å². The van der Waals surface area contributed by atoms with Crippen molar-refractivity contribution in [1.29, 1.82) is 0 Å². The summed E-state index contributed by atoms with van der Waals surface area (Å²) in [7, 11) is 1.78. The summed E-state index contributed by atoms with van der Waals surface area (Å²) in [5.41, 5.74) is 1.27. The molecule has 1 aromatic rings. The Balaban J connectivity index is 2.24. The van der Waals surface area contributed by atoms with Gasteiger partial charge >= 0.3 is 0 Å². The molecule has 0 fully saturated rings. The van der Waals surface area contributed by atoms with Crippen LogP contribution in [0, 0.1) is 5.92 Å². The minimum Gasteiger partial charge on any atom is -0.469 e. The van der Waals surface area contributed by atoms with E-state index in [0.717, 1.165) is 18.7 Å². The van der Waals surface area contributed by atoms with Crippen LogP contribution in [0.4, 0.5) is 0 Å². The minimum absolute atomic E-state index is 0.210. The van der Waals surface area contributed by atoms with Crippen LogP contribution in [0.3, 0.4) is 0 Å². The molecular formula is C12H19NO2. The van der Waals surface area contributed by atoms with Crippen molar-refractivity contribution in [1.82, 2.24) is 5.32 Å². The number of fused-ring (bicyclic) bond motifs is 1. The Bertz CT molecular complexity index is 319. The lowest BCUT2D eigenvalue weighted by atomic mass is 9.91. The van der Waals surface area contributed by atoms with Crippen LogP contribution in [-0.2, 0) is 11.2 Å². The lowest BCUT2D eigenvalue weighted by Gasteiger charge is -2.32. The molecule has 2 atom stereocenters. The molecule has 0 radical (unpaired) electrons. The molecule has 3 heteroatoms. The summed E-state index contributed by atoms with van der Waals surface area (Å²) in [6.45, 7) is 5.34. The normalized spacial score (nSPS) is 22.8. The van der Waals surface area contributed by atoms with Crippen molar-refractivity contribution in [3.05, 3.63) is 23.7 Å². The predicted octanol–water partition coefficient (Wildman–Crippen LogP) is 2.14. The van der Waals surface area contributed by atoms with Crippen molar-refractivity contribution in [2.45, 2.75) is 32.4 Å². The lowest BCUT2D eigenvalue weighted by Crippen LogP contribution is -2.40. The molecule has 1 aromatic heterocycles. The second-order valence-electron chi connectivity index (χ2n) is 4.43. The van der Waals surface area contributed by atoms with Crippen molar-refractivity contribution < 1.29 is 9.15 Å². The van der Waals surface area contributed by atoms with Crippen molar-refractivity contribution in [2.75, 3.05) is 13.7 Å². The Morgan fingerprint density at radius 2 is 2.33 bits per heavy atom. The highest BCUT2D eigenvalue weighted by molar-refractivity contribution is 5.25. The molecule has 1 aliphatic heterocycles. The molecule has 0 saturated carbocycles. The molecule has 0 saturated heterocycles. The Hall–Kier alpha value is -0.800. The van der Waals surface area contributed by atoms with Crippen LogP contribution in [0.2, 0.25) is 0 Å². The highest BCUT2D eigenvalue weighted by Crippen LogP contribution is 2.30. The molecule has 0 aliphatic carbocycles. The topological polar surface area (TPSA) is 34.4 Å². The maximum Gasteiger partial charge on any atom is 0.109 e. The molecular weight excluding hydrogens is 190 g/mol. The summed E-state index contributed by atoms with van der Waals surface area (Å²) >= 11 is 0. The Kier molecular flexibility index (Phi) is 3.12. The Morgan fingerprint density at radius 3 is 3.00 bits per heavy atom. The summed E-state index contributed by atoms with van der Waals surface area (Å²) in [4.78, 5) is 0. The number of methoxy groups -OCH3 is 1. The molecule has 3 nitrogen and oxygen atoms in total. The van der Waals surface area contributed by atoms with Crippen molar-refractivity contribution >= 4 is 0 Å². The van der Waals surface area contributed by atoms with Gasteiger partial charge in [0.2, 0.25) is 0 Å². The zero-order valence-electron chi connectivity index (χ0n) is 9.62. The van der Waals surface area contributed by atoms with E-state index in [9.17, 15) is 0 Å². The van der Waals surface area contributed by atoms with E-state index in [2.05, 4.69) is 25.2 Å². The van der Waals surface area contributed by atoms with Crippen LogP contribution >= 0.6 is 0 Å². The second kappa shape index (κ2) is 4.37. The number of ether oxygens (including phenoxy) is 1. The summed E-state index contributed by atoms with van der Waals surface area (Å²) in [6, 6.07) is 2.33. The molecule has 1 aliphatic rings. The zero-order valence-corrected chi connectivity index (χ0v) is 9.62. The maximum absolute atomic E-state index is 5.57. The van der Waals surface area contributed by atoms with Gasteiger partial charge in [-0.2, -0.15) is 0 Å². The molecule has 84 valence electrons. The van der Waals surface area contributed by atoms with Crippen molar-refractivity contribution in [2.24, 2.45) is 5.92 Å². The monoisotopic (exact) mass is 209 g/mol. The van der Waals surface area contributed by atoms with Crippen molar-refractivity contribution in [3.8, 4) is 0 Å². The van der Waals surface area contributed by atoms with E-state index in [0.29, 0.717) is 5.92 Å². The van der Waals surface area contributed by atoms with Gasteiger partial charge in [-0.3, -0.25) is 0 Å². The first-order valence-corrected chi connectivity index (χ1v) is 5.56. The molecule has 0 bridgehead atoms. The average molecular weight is 209 g/mol. The van der Waals surface area contributed by atoms with Crippen LogP contribution in [0.25, 0.3) is 0 Å². The molecule has 1 N–H and O–H groups in total. The molecule has 0 amide bonds. The number of hydrogen-bond acceptors (Lipinski definition) is 3. The van der Waals surface area contributed by atoms with Crippen LogP contribution in [0.5, 0.6) is 0 Å². The van der Waals surface area contributed by atoms with Gasteiger partial charge in [-0.25, -0.2) is 0 Å². The SMILES string of the molecule is COC(C(C)C)C1NCCc2occc21. The van der Waals surface area contributed by atoms with Gasteiger partial charge in [0, 0.05) is 25.6 Å². The third kappa shape index (κ3) is 1.94. The number of rotatable bonds is 3. The minimum atomic E-state index is 0.210. The van der Waals surface area contributed by atoms with Crippen molar-refractivity contribution in [3.63, 3.8) is 0 Å². The summed E-state index contributed by atoms with van der Waals surface area (Å²) in [5.74, 6) is 1.61. The first-order valence-electron chi connectivity index (χ1n) is 5.56. The second-order valence-corrected chi connectivity index (χ2v) is 4.43. The van der Waals surface area contributed by atoms with Crippen LogP contribution in [0.15, 0.2) is 16.7 Å². The molecule has 2 heterocycles. The van der Waals surface area contributed by atoms with E-state index in [1.807, 2.05) is 0 Å². The van der Waals surface area contributed by atoms with Gasteiger partial charge in [0.05, 0.1) is 18.4 Å². The fourth-order valence-corrected chi connectivity index (χ4v) is 2.37. The van der Waals surface area contributed by atoms with Gasteiger partial charge in [-0.1, -0.05) is 13.8 Å². The van der Waals surface area contributed by atoms with Crippen LogP contribution in [0.1, 0.15) is 31.2 Å². The standard InChI is InChI=1S/C12H19NO2/c1-8(2)12(14-3)11-9-5-7-15-10(9)4-6-13-11/h5,7-8,11-13H,4,6H2,1-3H3. The molecule has 0 aromatic carbocycles. The van der Waals surface area contributed by atoms with E-state index < -0.39 is 0 Å². The highest BCUT2D eigenvalue weighted by Gasteiger charge is 2.31. The highest BCUT2D eigenvalue weighted by atomic mass is 16.5. The van der Waals surface area contributed by atoms with E-state index >= 15 is 0 Å². The van der Waals surface area contributed by atoms with Gasteiger partial charge < -0.3 is 14.5 Å².